The molecule has 1 aliphatic carbocycles. The van der Waals surface area contributed by atoms with Crippen molar-refractivity contribution in [1.29, 1.82) is 0 Å². The summed E-state index contributed by atoms with van der Waals surface area (Å²) in [6, 6.07) is 3.77. The Kier molecular flexibility index (Phi) is 12.2. The van der Waals surface area contributed by atoms with Crippen molar-refractivity contribution in [3.8, 4) is 17.2 Å². The average Bonchev–Trinajstić information content (AvgIpc) is 3.22. The van der Waals surface area contributed by atoms with Crippen molar-refractivity contribution in [2.75, 3.05) is 48.1 Å². The zero-order valence-electron chi connectivity index (χ0n) is 19.0. The molecule has 1 aromatic carbocycles. The summed E-state index contributed by atoms with van der Waals surface area (Å²) < 4.78 is 21.9. The van der Waals surface area contributed by atoms with Crippen LogP contribution >= 0.6 is 24.0 Å². The number of hydrogen-bond acceptors (Lipinski definition) is 5. The number of rotatable bonds is 11. The zero-order valence-corrected chi connectivity index (χ0v) is 21.3. The Bertz CT molecular complexity index is 664. The lowest BCUT2D eigenvalue weighted by Crippen LogP contribution is -2.43. The lowest BCUT2D eigenvalue weighted by molar-refractivity contribution is 0.105. The fraction of sp³-hybridized carbons (Fsp3) is 0.682. The average molecular weight is 535 g/mol. The number of halogens is 1. The first kappa shape index (κ1) is 26.6. The van der Waals surface area contributed by atoms with E-state index in [9.17, 15) is 0 Å². The Hall–Kier alpha value is -1.42. The monoisotopic (exact) mass is 535 g/mol. The molecule has 1 aliphatic rings. The van der Waals surface area contributed by atoms with Crippen molar-refractivity contribution in [2.45, 2.75) is 45.6 Å². The maximum absolute atomic E-state index is 5.62. The molecule has 0 spiro atoms. The van der Waals surface area contributed by atoms with Gasteiger partial charge in [-0.05, 0) is 37.7 Å². The van der Waals surface area contributed by atoms with Gasteiger partial charge in [0.15, 0.2) is 17.5 Å². The molecule has 0 aliphatic heterocycles. The number of benzene rings is 1. The lowest BCUT2D eigenvalue weighted by Gasteiger charge is -2.30. The van der Waals surface area contributed by atoms with E-state index in [1.54, 1.807) is 28.4 Å². The van der Waals surface area contributed by atoms with Crippen LogP contribution < -0.4 is 24.8 Å². The predicted molar refractivity (Wildman–Crippen MR) is 132 cm³/mol. The first-order valence-electron chi connectivity index (χ1n) is 10.4. The Balaban J connectivity index is 0.00000450. The lowest BCUT2D eigenvalue weighted by atomic mass is 9.83. The van der Waals surface area contributed by atoms with Crippen LogP contribution in [0.4, 0.5) is 0 Å². The number of nitrogens with one attached hydrogen (secondary N) is 2. The molecule has 0 aromatic heterocycles. The molecule has 0 radical (unpaired) electrons. The van der Waals surface area contributed by atoms with Gasteiger partial charge in [0.05, 0.1) is 21.3 Å². The minimum atomic E-state index is 0. The molecule has 2 N–H and O–H groups in total. The smallest absolute Gasteiger partial charge is 0.191 e. The molecule has 0 saturated heterocycles. The summed E-state index contributed by atoms with van der Waals surface area (Å²) in [5.41, 5.74) is 1.27. The molecule has 7 nitrogen and oxygen atoms in total. The van der Waals surface area contributed by atoms with Crippen LogP contribution in [0.25, 0.3) is 0 Å². The van der Waals surface area contributed by atoms with Crippen molar-refractivity contribution in [1.82, 2.24) is 10.6 Å². The molecule has 1 aromatic rings. The van der Waals surface area contributed by atoms with Gasteiger partial charge in [-0.3, -0.25) is 4.99 Å². The van der Waals surface area contributed by atoms with E-state index in [0.29, 0.717) is 23.5 Å². The molecular formula is C22H38IN3O4. The quantitative estimate of drug-likeness (QED) is 0.193. The highest BCUT2D eigenvalue weighted by molar-refractivity contribution is 14.0. The number of methoxy groups -OCH3 is 3. The van der Waals surface area contributed by atoms with Gasteiger partial charge in [-0.2, -0.15) is 0 Å². The van der Waals surface area contributed by atoms with Crippen molar-refractivity contribution < 1.29 is 18.9 Å². The van der Waals surface area contributed by atoms with Crippen LogP contribution in [0.1, 0.15) is 44.6 Å². The number of aliphatic imine (C=N–C) groups is 1. The van der Waals surface area contributed by atoms with Gasteiger partial charge < -0.3 is 29.6 Å². The zero-order chi connectivity index (χ0) is 21.1. The standard InChI is InChI=1S/C22H37N3O4.HI/c1-6-29-12-11-22(9-7-8-10-22)16-25-21(23-2)24-15-17-13-19(27-4)20(28-5)14-18(17)26-3;/h13-14H,6-12,15-16H2,1-5H3,(H2,23,24,25);1H. The van der Waals surface area contributed by atoms with E-state index in [1.165, 1.54) is 25.7 Å². The second-order valence-corrected chi connectivity index (χ2v) is 7.45. The van der Waals surface area contributed by atoms with Gasteiger partial charge >= 0.3 is 0 Å². The summed E-state index contributed by atoms with van der Waals surface area (Å²) in [5, 5.41) is 6.91. The van der Waals surface area contributed by atoms with Gasteiger partial charge in [0.2, 0.25) is 0 Å². The molecular weight excluding hydrogens is 497 g/mol. The second-order valence-electron chi connectivity index (χ2n) is 7.45. The van der Waals surface area contributed by atoms with Gasteiger partial charge in [0.25, 0.3) is 0 Å². The highest BCUT2D eigenvalue weighted by Gasteiger charge is 2.33. The summed E-state index contributed by atoms with van der Waals surface area (Å²) in [4.78, 5) is 4.39. The van der Waals surface area contributed by atoms with E-state index < -0.39 is 0 Å². The molecule has 172 valence electrons. The second kappa shape index (κ2) is 13.8. The van der Waals surface area contributed by atoms with E-state index in [4.69, 9.17) is 18.9 Å². The largest absolute Gasteiger partial charge is 0.496 e. The highest BCUT2D eigenvalue weighted by atomic mass is 127. The van der Waals surface area contributed by atoms with E-state index >= 15 is 0 Å². The summed E-state index contributed by atoms with van der Waals surface area (Å²) in [6.07, 6.45) is 6.17. The van der Waals surface area contributed by atoms with Crippen molar-refractivity contribution in [2.24, 2.45) is 10.4 Å². The van der Waals surface area contributed by atoms with Crippen LogP contribution in [0.5, 0.6) is 17.2 Å². The van der Waals surface area contributed by atoms with Crippen LogP contribution in [0.2, 0.25) is 0 Å². The van der Waals surface area contributed by atoms with E-state index in [-0.39, 0.29) is 24.0 Å². The van der Waals surface area contributed by atoms with Gasteiger partial charge in [-0.15, -0.1) is 24.0 Å². The van der Waals surface area contributed by atoms with Crippen molar-refractivity contribution in [3.05, 3.63) is 17.7 Å². The van der Waals surface area contributed by atoms with Crippen LogP contribution in [-0.4, -0.2) is 54.1 Å². The van der Waals surface area contributed by atoms with E-state index in [0.717, 1.165) is 43.5 Å². The maximum atomic E-state index is 5.62. The summed E-state index contributed by atoms with van der Waals surface area (Å²) in [6.45, 7) is 5.12. The summed E-state index contributed by atoms with van der Waals surface area (Å²) >= 11 is 0. The fourth-order valence-corrected chi connectivity index (χ4v) is 3.97. The molecule has 0 atom stereocenters. The third-order valence-corrected chi connectivity index (χ3v) is 5.73. The van der Waals surface area contributed by atoms with Gasteiger partial charge in [0, 0.05) is 45.0 Å². The Morgan fingerprint density at radius 1 is 1.00 bits per heavy atom. The van der Waals surface area contributed by atoms with E-state index in [2.05, 4.69) is 15.6 Å². The molecule has 0 heterocycles. The Labute approximate surface area is 198 Å². The van der Waals surface area contributed by atoms with Gasteiger partial charge in [-0.1, -0.05) is 12.8 Å². The van der Waals surface area contributed by atoms with Crippen LogP contribution in [0, 0.1) is 5.41 Å². The Morgan fingerprint density at radius 3 is 2.20 bits per heavy atom. The molecule has 0 bridgehead atoms. The predicted octanol–water partition coefficient (Wildman–Crippen LogP) is 3.98. The highest BCUT2D eigenvalue weighted by Crippen LogP contribution is 2.40. The normalized spacial score (nSPS) is 15.3. The topological polar surface area (TPSA) is 73.3 Å². The first-order valence-corrected chi connectivity index (χ1v) is 10.4. The maximum Gasteiger partial charge on any atom is 0.191 e. The fourth-order valence-electron chi connectivity index (χ4n) is 3.97. The minimum absolute atomic E-state index is 0. The SMILES string of the molecule is CCOCCC1(CNC(=NC)NCc2cc(OC)c(OC)cc2OC)CCCC1.I. The van der Waals surface area contributed by atoms with Gasteiger partial charge in [0.1, 0.15) is 5.75 Å². The molecule has 0 unspecified atom stereocenters. The molecule has 0 amide bonds. The summed E-state index contributed by atoms with van der Waals surface area (Å²) in [7, 11) is 6.69. The number of ether oxygens (including phenoxy) is 4. The van der Waals surface area contributed by atoms with Crippen molar-refractivity contribution in [3.63, 3.8) is 0 Å². The third-order valence-electron chi connectivity index (χ3n) is 5.73. The van der Waals surface area contributed by atoms with Crippen LogP contribution in [-0.2, 0) is 11.3 Å². The van der Waals surface area contributed by atoms with Crippen LogP contribution in [0.15, 0.2) is 17.1 Å². The Morgan fingerprint density at radius 2 is 1.63 bits per heavy atom. The van der Waals surface area contributed by atoms with E-state index in [1.807, 2.05) is 19.1 Å². The number of guanidine groups is 1. The molecule has 30 heavy (non-hydrogen) atoms. The van der Waals surface area contributed by atoms with Crippen LogP contribution in [0.3, 0.4) is 0 Å². The molecule has 8 heteroatoms. The minimum Gasteiger partial charge on any atom is -0.496 e. The van der Waals surface area contributed by atoms with Crippen molar-refractivity contribution >= 4 is 29.9 Å². The number of hydrogen-bond donors (Lipinski definition) is 2. The first-order chi connectivity index (χ1) is 14.1. The molecule has 1 saturated carbocycles. The summed E-state index contributed by atoms with van der Waals surface area (Å²) in [5.74, 6) is 2.85. The molecule has 1 fully saturated rings. The number of nitrogens with zero attached hydrogens (tertiary/aromatic N) is 1. The van der Waals surface area contributed by atoms with Gasteiger partial charge in [-0.25, -0.2) is 0 Å². The third kappa shape index (κ3) is 7.37. The molecule has 2 rings (SSSR count).